The number of carbonyl (C=O) groups excluding carboxylic acids is 1. The van der Waals surface area contributed by atoms with E-state index in [1.54, 1.807) is 30.3 Å². The molecule has 1 aliphatic rings. The molecule has 0 aromatic heterocycles. The number of halogens is 3. The number of rotatable bonds is 2. The smallest absolute Gasteiger partial charge is 0.254 e. The van der Waals surface area contributed by atoms with Crippen molar-refractivity contribution < 1.29 is 9.53 Å². The summed E-state index contributed by atoms with van der Waals surface area (Å²) in [5.41, 5.74) is 1.67. The van der Waals surface area contributed by atoms with Crippen LogP contribution >= 0.6 is 34.8 Å². The van der Waals surface area contributed by atoms with Gasteiger partial charge in [0, 0.05) is 16.8 Å². The summed E-state index contributed by atoms with van der Waals surface area (Å²) in [7, 11) is 1.53. The van der Waals surface area contributed by atoms with Crippen molar-refractivity contribution in [3.63, 3.8) is 0 Å². The second kappa shape index (κ2) is 5.09. The van der Waals surface area contributed by atoms with E-state index in [9.17, 15) is 4.79 Å². The van der Waals surface area contributed by atoms with E-state index >= 15 is 0 Å². The van der Waals surface area contributed by atoms with E-state index in [1.807, 2.05) is 6.07 Å². The van der Waals surface area contributed by atoms with Crippen LogP contribution in [0.15, 0.2) is 36.4 Å². The molecule has 21 heavy (non-hydrogen) atoms. The second-order valence-corrected chi connectivity index (χ2v) is 6.01. The van der Waals surface area contributed by atoms with Crippen molar-refractivity contribution in [1.82, 2.24) is 0 Å². The number of carbonyl (C=O) groups is 1. The standard InChI is InChI=1S/C15H10Cl3NO2/c1-21-13-5-3-2-4-8(13)15(18)9-6-10(16)11(17)7-12(9)19-14(15)20/h2-7H,1H3,(H,19,20). The number of ether oxygens (including phenoxy) is 1. The first-order valence-electron chi connectivity index (χ1n) is 6.12. The van der Waals surface area contributed by atoms with Crippen LogP contribution < -0.4 is 10.1 Å². The van der Waals surface area contributed by atoms with E-state index in [-0.39, 0.29) is 5.91 Å². The molecule has 1 atom stereocenters. The SMILES string of the molecule is COc1ccccc1C1(Cl)C(=O)Nc2cc(Cl)c(Cl)cc21. The van der Waals surface area contributed by atoms with Crippen LogP contribution in [-0.2, 0) is 9.67 Å². The largest absolute Gasteiger partial charge is 0.496 e. The zero-order valence-corrected chi connectivity index (χ0v) is 13.2. The zero-order valence-electron chi connectivity index (χ0n) is 10.9. The molecule has 2 aromatic carbocycles. The predicted molar refractivity (Wildman–Crippen MR) is 84.7 cm³/mol. The molecule has 0 aliphatic carbocycles. The highest BCUT2D eigenvalue weighted by Gasteiger charge is 2.48. The Morgan fingerprint density at radius 1 is 1.10 bits per heavy atom. The lowest BCUT2D eigenvalue weighted by atomic mass is 9.91. The van der Waals surface area contributed by atoms with Crippen LogP contribution in [0.5, 0.6) is 5.75 Å². The van der Waals surface area contributed by atoms with Gasteiger partial charge in [0.25, 0.3) is 5.91 Å². The van der Waals surface area contributed by atoms with Gasteiger partial charge in [0.1, 0.15) is 5.75 Å². The molecule has 0 saturated heterocycles. The maximum Gasteiger partial charge on any atom is 0.254 e. The summed E-state index contributed by atoms with van der Waals surface area (Å²) in [4.78, 5) is 11.1. The van der Waals surface area contributed by atoms with Gasteiger partial charge in [-0.05, 0) is 18.2 Å². The highest BCUT2D eigenvalue weighted by Crippen LogP contribution is 2.50. The van der Waals surface area contributed by atoms with Gasteiger partial charge in [-0.3, -0.25) is 4.79 Å². The lowest BCUT2D eigenvalue weighted by Crippen LogP contribution is -2.30. The molecule has 1 heterocycles. The summed E-state index contributed by atoms with van der Waals surface area (Å²) in [5.74, 6) is 0.170. The quantitative estimate of drug-likeness (QED) is 0.820. The van der Waals surface area contributed by atoms with Crippen LogP contribution in [0.4, 0.5) is 5.69 Å². The van der Waals surface area contributed by atoms with Gasteiger partial charge in [0.05, 0.1) is 17.2 Å². The third-order valence-corrected chi connectivity index (χ3v) is 4.77. The maximum absolute atomic E-state index is 12.5. The van der Waals surface area contributed by atoms with Crippen molar-refractivity contribution in [3.05, 3.63) is 57.6 Å². The number of para-hydroxylation sites is 1. The average Bonchev–Trinajstić information content (AvgIpc) is 2.72. The molecule has 1 N–H and O–H groups in total. The molecule has 6 heteroatoms. The minimum atomic E-state index is -1.39. The van der Waals surface area contributed by atoms with Crippen molar-refractivity contribution >= 4 is 46.4 Å². The Balaban J connectivity index is 2.28. The molecule has 0 fully saturated rings. The molecule has 1 unspecified atom stereocenters. The van der Waals surface area contributed by atoms with Gasteiger partial charge in [-0.1, -0.05) is 53.0 Å². The molecule has 3 nitrogen and oxygen atoms in total. The van der Waals surface area contributed by atoms with Crippen LogP contribution in [0.25, 0.3) is 0 Å². The van der Waals surface area contributed by atoms with Crippen LogP contribution in [-0.4, -0.2) is 13.0 Å². The fourth-order valence-corrected chi connectivity index (χ4v) is 3.15. The number of anilines is 1. The monoisotopic (exact) mass is 341 g/mol. The average molecular weight is 343 g/mol. The van der Waals surface area contributed by atoms with E-state index in [0.717, 1.165) is 0 Å². The van der Waals surface area contributed by atoms with E-state index in [0.29, 0.717) is 32.6 Å². The summed E-state index contributed by atoms with van der Waals surface area (Å²) < 4.78 is 5.32. The van der Waals surface area contributed by atoms with Crippen molar-refractivity contribution in [2.75, 3.05) is 12.4 Å². The van der Waals surface area contributed by atoms with Crippen LogP contribution in [0.1, 0.15) is 11.1 Å². The first-order valence-corrected chi connectivity index (χ1v) is 7.25. The van der Waals surface area contributed by atoms with E-state index < -0.39 is 4.87 Å². The Hall–Kier alpha value is -1.42. The molecule has 0 radical (unpaired) electrons. The number of nitrogens with one attached hydrogen (secondary N) is 1. The molecule has 0 bridgehead atoms. The molecular weight excluding hydrogens is 333 g/mol. The molecule has 3 rings (SSSR count). The van der Waals surface area contributed by atoms with E-state index in [2.05, 4.69) is 5.32 Å². The van der Waals surface area contributed by atoms with Gasteiger partial charge in [-0.15, -0.1) is 0 Å². The summed E-state index contributed by atoms with van der Waals surface area (Å²) in [6.45, 7) is 0. The number of methoxy groups -OCH3 is 1. The number of amides is 1. The molecule has 0 spiro atoms. The van der Waals surface area contributed by atoms with Crippen molar-refractivity contribution in [2.45, 2.75) is 4.87 Å². The molecule has 2 aromatic rings. The molecule has 108 valence electrons. The zero-order chi connectivity index (χ0) is 15.2. The Kier molecular flexibility index (Phi) is 3.52. The van der Waals surface area contributed by atoms with Gasteiger partial charge < -0.3 is 10.1 Å². The molecule has 0 saturated carbocycles. The minimum Gasteiger partial charge on any atom is -0.496 e. The lowest BCUT2D eigenvalue weighted by molar-refractivity contribution is -0.117. The number of fused-ring (bicyclic) bond motifs is 1. The minimum absolute atomic E-state index is 0.340. The van der Waals surface area contributed by atoms with Gasteiger partial charge in [0.2, 0.25) is 0 Å². The highest BCUT2D eigenvalue weighted by molar-refractivity contribution is 6.44. The second-order valence-electron chi connectivity index (χ2n) is 4.62. The predicted octanol–water partition coefficient (Wildman–Crippen LogP) is 4.44. The molecule has 1 amide bonds. The van der Waals surface area contributed by atoms with Gasteiger partial charge in [0.15, 0.2) is 4.87 Å². The topological polar surface area (TPSA) is 38.3 Å². The van der Waals surface area contributed by atoms with E-state index in [1.165, 1.54) is 7.11 Å². The number of benzene rings is 2. The lowest BCUT2D eigenvalue weighted by Gasteiger charge is -2.22. The van der Waals surface area contributed by atoms with Gasteiger partial charge in [-0.25, -0.2) is 0 Å². The van der Waals surface area contributed by atoms with Gasteiger partial charge in [-0.2, -0.15) is 0 Å². The Morgan fingerprint density at radius 2 is 1.76 bits per heavy atom. The molecule has 1 aliphatic heterocycles. The first kappa shape index (κ1) is 14.5. The fraction of sp³-hybridized carbons (Fsp3) is 0.133. The number of hydrogen-bond acceptors (Lipinski definition) is 2. The third kappa shape index (κ3) is 2.08. The Labute approximate surface area is 136 Å². The summed E-state index contributed by atoms with van der Waals surface area (Å²) in [6.07, 6.45) is 0. The van der Waals surface area contributed by atoms with E-state index in [4.69, 9.17) is 39.5 Å². The number of hydrogen-bond donors (Lipinski definition) is 1. The van der Waals surface area contributed by atoms with Gasteiger partial charge >= 0.3 is 0 Å². The summed E-state index contributed by atoms with van der Waals surface area (Å²) >= 11 is 18.7. The fourth-order valence-electron chi connectivity index (χ4n) is 2.46. The number of alkyl halides is 1. The Bertz CT molecular complexity index is 748. The van der Waals surface area contributed by atoms with Crippen LogP contribution in [0, 0.1) is 0 Å². The highest BCUT2D eigenvalue weighted by atomic mass is 35.5. The van der Waals surface area contributed by atoms with Crippen molar-refractivity contribution in [3.8, 4) is 5.75 Å². The molecular formula is C15H10Cl3NO2. The third-order valence-electron chi connectivity index (χ3n) is 3.47. The Morgan fingerprint density at radius 3 is 2.48 bits per heavy atom. The van der Waals surface area contributed by atoms with Crippen molar-refractivity contribution in [1.29, 1.82) is 0 Å². The van der Waals surface area contributed by atoms with Crippen LogP contribution in [0.2, 0.25) is 10.0 Å². The maximum atomic E-state index is 12.5. The summed E-state index contributed by atoms with van der Waals surface area (Å²) in [6, 6.07) is 10.3. The normalized spacial score (nSPS) is 20.1. The summed E-state index contributed by atoms with van der Waals surface area (Å²) in [5, 5.41) is 3.43. The van der Waals surface area contributed by atoms with Crippen molar-refractivity contribution in [2.24, 2.45) is 0 Å². The first-order chi connectivity index (χ1) is 9.98. The van der Waals surface area contributed by atoms with Crippen LogP contribution in [0.3, 0.4) is 0 Å².